The molecular weight excluding hydrogens is 309 g/mol. The number of primary amides is 1. The number of hydrogen-bond donors (Lipinski definition) is 1. The maximum absolute atomic E-state index is 13.7. The van der Waals surface area contributed by atoms with Crippen molar-refractivity contribution in [2.45, 2.75) is 25.3 Å². The number of halogens is 1. The van der Waals surface area contributed by atoms with Crippen LogP contribution in [0, 0.1) is 15.9 Å². The molecule has 1 aromatic rings. The number of nitrogens with zero attached hydrogens (tertiary/aromatic N) is 2. The Morgan fingerprint density at radius 2 is 2.17 bits per heavy atom. The van der Waals surface area contributed by atoms with Gasteiger partial charge in [-0.3, -0.25) is 19.7 Å². The van der Waals surface area contributed by atoms with Gasteiger partial charge in [0, 0.05) is 12.6 Å². The van der Waals surface area contributed by atoms with Crippen molar-refractivity contribution in [3.63, 3.8) is 0 Å². The maximum atomic E-state index is 13.7. The van der Waals surface area contributed by atoms with Gasteiger partial charge in [-0.15, -0.1) is 0 Å². The van der Waals surface area contributed by atoms with Crippen LogP contribution in [0.3, 0.4) is 0 Å². The fourth-order valence-corrected chi connectivity index (χ4v) is 2.47. The van der Waals surface area contributed by atoms with Crippen LogP contribution < -0.4 is 10.5 Å². The van der Waals surface area contributed by atoms with E-state index in [1.165, 1.54) is 4.90 Å². The molecule has 8 nitrogen and oxygen atoms in total. The zero-order valence-corrected chi connectivity index (χ0v) is 12.2. The quantitative estimate of drug-likeness (QED) is 0.640. The smallest absolute Gasteiger partial charge is 0.272 e. The zero-order chi connectivity index (χ0) is 17.0. The molecule has 23 heavy (non-hydrogen) atoms. The zero-order valence-electron chi connectivity index (χ0n) is 12.2. The van der Waals surface area contributed by atoms with Crippen LogP contribution in [0.1, 0.15) is 19.3 Å². The molecule has 1 saturated heterocycles. The number of nitro benzene ring substituents is 1. The van der Waals surface area contributed by atoms with Crippen LogP contribution in [-0.4, -0.2) is 40.8 Å². The van der Waals surface area contributed by atoms with Crippen molar-refractivity contribution in [1.29, 1.82) is 0 Å². The SMILES string of the molecule is NC(=O)C1CCCCN1C(=O)COc1ccc([N+](=O)[O-])cc1F. The largest absolute Gasteiger partial charge is 0.481 e. The Labute approximate surface area is 131 Å². The average molecular weight is 325 g/mol. The number of nitro groups is 1. The van der Waals surface area contributed by atoms with E-state index in [0.29, 0.717) is 19.0 Å². The third kappa shape index (κ3) is 3.93. The van der Waals surface area contributed by atoms with Crippen LogP contribution in [0.4, 0.5) is 10.1 Å². The molecule has 9 heteroatoms. The van der Waals surface area contributed by atoms with Crippen molar-refractivity contribution in [2.24, 2.45) is 5.73 Å². The van der Waals surface area contributed by atoms with Crippen LogP contribution >= 0.6 is 0 Å². The summed E-state index contributed by atoms with van der Waals surface area (Å²) in [7, 11) is 0. The summed E-state index contributed by atoms with van der Waals surface area (Å²) in [6.07, 6.45) is 2.05. The molecule has 0 saturated carbocycles. The molecule has 1 fully saturated rings. The minimum Gasteiger partial charge on any atom is -0.481 e. The summed E-state index contributed by atoms with van der Waals surface area (Å²) in [5.41, 5.74) is 4.86. The van der Waals surface area contributed by atoms with Gasteiger partial charge in [-0.1, -0.05) is 0 Å². The van der Waals surface area contributed by atoms with E-state index in [-0.39, 0.29) is 5.75 Å². The second-order valence-corrected chi connectivity index (χ2v) is 5.16. The first-order chi connectivity index (χ1) is 10.9. The van der Waals surface area contributed by atoms with Gasteiger partial charge in [0.15, 0.2) is 18.2 Å². The number of amides is 2. The first-order valence-electron chi connectivity index (χ1n) is 7.05. The normalized spacial score (nSPS) is 17.6. The molecular formula is C14H16FN3O5. The van der Waals surface area contributed by atoms with Crippen LogP contribution in [-0.2, 0) is 9.59 Å². The highest BCUT2D eigenvalue weighted by atomic mass is 19.1. The second-order valence-electron chi connectivity index (χ2n) is 5.16. The number of benzene rings is 1. The van der Waals surface area contributed by atoms with Crippen LogP contribution in [0.2, 0.25) is 0 Å². The maximum Gasteiger partial charge on any atom is 0.272 e. The van der Waals surface area contributed by atoms with E-state index in [9.17, 15) is 24.1 Å². The first-order valence-corrected chi connectivity index (χ1v) is 7.05. The summed E-state index contributed by atoms with van der Waals surface area (Å²) in [5.74, 6) is -2.26. The fourth-order valence-electron chi connectivity index (χ4n) is 2.47. The minimum absolute atomic E-state index is 0.267. The molecule has 2 rings (SSSR count). The summed E-state index contributed by atoms with van der Waals surface area (Å²) < 4.78 is 18.8. The van der Waals surface area contributed by atoms with Crippen molar-refractivity contribution in [1.82, 2.24) is 4.90 Å². The third-order valence-corrected chi connectivity index (χ3v) is 3.63. The Hall–Kier alpha value is -2.71. The molecule has 1 unspecified atom stereocenters. The van der Waals surface area contributed by atoms with Gasteiger partial charge in [0.05, 0.1) is 11.0 Å². The lowest BCUT2D eigenvalue weighted by Crippen LogP contribution is -2.51. The molecule has 1 aromatic carbocycles. The number of rotatable bonds is 5. The van der Waals surface area contributed by atoms with Gasteiger partial charge in [0.2, 0.25) is 5.91 Å². The molecule has 1 aliphatic rings. The van der Waals surface area contributed by atoms with Crippen LogP contribution in [0.15, 0.2) is 18.2 Å². The van der Waals surface area contributed by atoms with Gasteiger partial charge in [-0.2, -0.15) is 0 Å². The molecule has 2 N–H and O–H groups in total. The molecule has 1 heterocycles. The standard InChI is InChI=1S/C14H16FN3O5/c15-10-7-9(18(21)22)4-5-12(10)23-8-13(19)17-6-2-1-3-11(17)14(16)20/h4-5,7,11H,1-3,6,8H2,(H2,16,20). The average Bonchev–Trinajstić information content (AvgIpc) is 2.53. The molecule has 0 radical (unpaired) electrons. The third-order valence-electron chi connectivity index (χ3n) is 3.63. The number of ether oxygens (including phenoxy) is 1. The first kappa shape index (κ1) is 16.7. The predicted molar refractivity (Wildman–Crippen MR) is 77.1 cm³/mol. The Morgan fingerprint density at radius 1 is 1.43 bits per heavy atom. The molecule has 2 amide bonds. The van der Waals surface area contributed by atoms with Gasteiger partial charge in [0.25, 0.3) is 11.6 Å². The topological polar surface area (TPSA) is 116 Å². The van der Waals surface area contributed by atoms with E-state index in [2.05, 4.69) is 0 Å². The lowest BCUT2D eigenvalue weighted by Gasteiger charge is -2.33. The lowest BCUT2D eigenvalue weighted by molar-refractivity contribution is -0.385. The van der Waals surface area contributed by atoms with E-state index < -0.39 is 40.9 Å². The Bertz CT molecular complexity index is 637. The van der Waals surface area contributed by atoms with E-state index >= 15 is 0 Å². The highest BCUT2D eigenvalue weighted by Gasteiger charge is 2.30. The molecule has 124 valence electrons. The van der Waals surface area contributed by atoms with E-state index in [1.807, 2.05) is 0 Å². The minimum atomic E-state index is -0.933. The van der Waals surface area contributed by atoms with Crippen molar-refractivity contribution >= 4 is 17.5 Å². The number of piperidine rings is 1. The van der Waals surface area contributed by atoms with Crippen molar-refractivity contribution in [3.8, 4) is 5.75 Å². The van der Waals surface area contributed by atoms with Crippen LogP contribution in [0.5, 0.6) is 5.75 Å². The van der Waals surface area contributed by atoms with Gasteiger partial charge in [0.1, 0.15) is 6.04 Å². The fraction of sp³-hybridized carbons (Fsp3) is 0.429. The Kier molecular flexibility index (Phi) is 5.09. The van der Waals surface area contributed by atoms with Crippen molar-refractivity contribution in [2.75, 3.05) is 13.2 Å². The summed E-state index contributed by atoms with van der Waals surface area (Å²) in [5, 5.41) is 10.5. The van der Waals surface area contributed by atoms with Crippen LogP contribution in [0.25, 0.3) is 0 Å². The molecule has 0 aromatic heterocycles. The Morgan fingerprint density at radius 3 is 2.78 bits per heavy atom. The molecule has 0 aliphatic carbocycles. The summed E-state index contributed by atoms with van der Waals surface area (Å²) >= 11 is 0. The lowest BCUT2D eigenvalue weighted by atomic mass is 10.0. The van der Waals surface area contributed by atoms with Gasteiger partial charge in [-0.25, -0.2) is 4.39 Å². The summed E-state index contributed by atoms with van der Waals surface area (Å²) in [6.45, 7) is -0.0863. The van der Waals surface area contributed by atoms with E-state index in [4.69, 9.17) is 10.5 Å². The number of carbonyl (C=O) groups excluding carboxylic acids is 2. The number of nitrogens with two attached hydrogens (primary N) is 1. The number of likely N-dealkylation sites (tertiary alicyclic amines) is 1. The highest BCUT2D eigenvalue weighted by Crippen LogP contribution is 2.23. The van der Waals surface area contributed by atoms with Gasteiger partial charge < -0.3 is 15.4 Å². The monoisotopic (exact) mass is 325 g/mol. The number of hydrogen-bond acceptors (Lipinski definition) is 5. The summed E-state index contributed by atoms with van der Waals surface area (Å²) in [4.78, 5) is 34.6. The predicted octanol–water partition coefficient (Wildman–Crippen LogP) is 0.979. The molecule has 0 bridgehead atoms. The van der Waals surface area contributed by atoms with E-state index in [1.54, 1.807) is 0 Å². The number of carbonyl (C=O) groups is 2. The molecule has 1 atom stereocenters. The molecule has 0 spiro atoms. The van der Waals surface area contributed by atoms with Gasteiger partial charge in [-0.05, 0) is 25.3 Å². The van der Waals surface area contributed by atoms with E-state index in [0.717, 1.165) is 25.0 Å². The van der Waals surface area contributed by atoms with Gasteiger partial charge >= 0.3 is 0 Å². The highest BCUT2D eigenvalue weighted by molar-refractivity contribution is 5.87. The van der Waals surface area contributed by atoms with Crippen molar-refractivity contribution in [3.05, 3.63) is 34.1 Å². The Balaban J connectivity index is 2.01. The van der Waals surface area contributed by atoms with Crippen molar-refractivity contribution < 1.29 is 23.6 Å². The second kappa shape index (κ2) is 7.03. The molecule has 1 aliphatic heterocycles. The summed E-state index contributed by atoms with van der Waals surface area (Å²) in [6, 6.07) is 2.20. The number of non-ortho nitro benzene ring substituents is 1.